The van der Waals surface area contributed by atoms with Crippen molar-refractivity contribution in [1.29, 1.82) is 0 Å². The summed E-state index contributed by atoms with van der Waals surface area (Å²) in [6, 6.07) is 5.72. The summed E-state index contributed by atoms with van der Waals surface area (Å²) >= 11 is 0. The van der Waals surface area contributed by atoms with Gasteiger partial charge in [-0.3, -0.25) is 4.90 Å². The third kappa shape index (κ3) is 8.36. The largest absolute Gasteiger partial charge is 0.493 e. The second-order valence-electron chi connectivity index (χ2n) is 5.66. The van der Waals surface area contributed by atoms with Crippen molar-refractivity contribution in [3.63, 3.8) is 0 Å². The van der Waals surface area contributed by atoms with Crippen LogP contribution in [-0.2, 0) is 9.47 Å². The van der Waals surface area contributed by atoms with Gasteiger partial charge in [0.1, 0.15) is 12.7 Å². The summed E-state index contributed by atoms with van der Waals surface area (Å²) in [5.74, 6) is 1.27. The zero-order valence-corrected chi connectivity index (χ0v) is 15.7. The average Bonchev–Trinajstić information content (AvgIpc) is 2.62. The molecule has 142 valence electrons. The smallest absolute Gasteiger partial charge is 0.161 e. The third-order valence-electron chi connectivity index (χ3n) is 3.67. The Morgan fingerprint density at radius 3 is 2.32 bits per heavy atom. The molecule has 0 radical (unpaired) electrons. The van der Waals surface area contributed by atoms with Crippen molar-refractivity contribution in [2.45, 2.75) is 13.0 Å². The quantitative estimate of drug-likeness (QED) is 0.586. The molecule has 0 aliphatic rings. The lowest BCUT2D eigenvalue weighted by Gasteiger charge is -2.24. The van der Waals surface area contributed by atoms with Crippen LogP contribution in [0.2, 0.25) is 0 Å². The van der Waals surface area contributed by atoms with Crippen LogP contribution < -0.4 is 9.47 Å². The summed E-state index contributed by atoms with van der Waals surface area (Å²) in [6.45, 7) is 5.33. The van der Waals surface area contributed by atoms with Crippen LogP contribution in [0.25, 0.3) is 6.08 Å². The van der Waals surface area contributed by atoms with E-state index < -0.39 is 6.10 Å². The van der Waals surface area contributed by atoms with Gasteiger partial charge in [-0.05, 0) is 24.6 Å². The molecule has 0 unspecified atom stereocenters. The van der Waals surface area contributed by atoms with Gasteiger partial charge in [0.15, 0.2) is 11.5 Å². The Morgan fingerprint density at radius 2 is 1.76 bits per heavy atom. The van der Waals surface area contributed by atoms with Crippen LogP contribution in [0.15, 0.2) is 24.3 Å². The van der Waals surface area contributed by atoms with Crippen molar-refractivity contribution in [2.75, 3.05) is 60.8 Å². The molecule has 1 rings (SSSR count). The van der Waals surface area contributed by atoms with Crippen molar-refractivity contribution >= 4 is 6.08 Å². The lowest BCUT2D eigenvalue weighted by Crippen LogP contribution is -2.39. The number of hydrogen-bond donors (Lipinski definition) is 1. The van der Waals surface area contributed by atoms with Gasteiger partial charge < -0.3 is 24.1 Å². The second kappa shape index (κ2) is 12.7. The minimum Gasteiger partial charge on any atom is -0.493 e. The van der Waals surface area contributed by atoms with Gasteiger partial charge >= 0.3 is 0 Å². The van der Waals surface area contributed by atoms with Crippen LogP contribution in [0.4, 0.5) is 0 Å². The zero-order valence-electron chi connectivity index (χ0n) is 15.7. The van der Waals surface area contributed by atoms with Crippen LogP contribution in [0, 0.1) is 0 Å². The normalized spacial score (nSPS) is 12.7. The van der Waals surface area contributed by atoms with E-state index in [9.17, 15) is 5.11 Å². The first-order valence-electron chi connectivity index (χ1n) is 8.46. The molecule has 0 amide bonds. The van der Waals surface area contributed by atoms with Gasteiger partial charge in [0.2, 0.25) is 0 Å². The molecule has 6 heteroatoms. The molecule has 0 heterocycles. The Labute approximate surface area is 150 Å². The molecule has 6 nitrogen and oxygen atoms in total. The van der Waals surface area contributed by atoms with Gasteiger partial charge in [-0.25, -0.2) is 0 Å². The van der Waals surface area contributed by atoms with Gasteiger partial charge in [-0.2, -0.15) is 0 Å². The highest BCUT2D eigenvalue weighted by atomic mass is 16.5. The predicted molar refractivity (Wildman–Crippen MR) is 99.4 cm³/mol. The van der Waals surface area contributed by atoms with Crippen molar-refractivity contribution in [1.82, 2.24) is 4.90 Å². The predicted octanol–water partition coefficient (Wildman–Crippen LogP) is 2.06. The van der Waals surface area contributed by atoms with E-state index in [1.54, 1.807) is 21.3 Å². The summed E-state index contributed by atoms with van der Waals surface area (Å²) < 4.78 is 21.3. The monoisotopic (exact) mass is 353 g/mol. The third-order valence-corrected chi connectivity index (χ3v) is 3.67. The van der Waals surface area contributed by atoms with E-state index in [1.165, 1.54) is 0 Å². The maximum atomic E-state index is 10.3. The molecule has 0 aromatic heterocycles. The number of nitrogens with zero attached hydrogens (tertiary/aromatic N) is 1. The maximum absolute atomic E-state index is 10.3. The molecular weight excluding hydrogens is 322 g/mol. The van der Waals surface area contributed by atoms with Crippen LogP contribution in [0.3, 0.4) is 0 Å². The van der Waals surface area contributed by atoms with Crippen molar-refractivity contribution in [3.8, 4) is 11.5 Å². The molecule has 1 aromatic carbocycles. The Balaban J connectivity index is 2.57. The molecule has 1 atom stereocenters. The summed E-state index contributed by atoms with van der Waals surface area (Å²) in [5.41, 5.74) is 1.04. The number of hydrogen-bond acceptors (Lipinski definition) is 6. The van der Waals surface area contributed by atoms with Gasteiger partial charge in [0.05, 0.1) is 20.3 Å². The topological polar surface area (TPSA) is 60.4 Å². The number of allylic oxidation sites excluding steroid dienone is 1. The summed E-state index contributed by atoms with van der Waals surface area (Å²) in [4.78, 5) is 2.09. The maximum Gasteiger partial charge on any atom is 0.161 e. The molecule has 0 spiro atoms. The van der Waals surface area contributed by atoms with Crippen LogP contribution >= 0.6 is 0 Å². The zero-order chi connectivity index (χ0) is 18.5. The molecule has 0 aliphatic heterocycles. The van der Waals surface area contributed by atoms with E-state index in [-0.39, 0.29) is 6.61 Å². The minimum absolute atomic E-state index is 0.190. The first kappa shape index (κ1) is 21.4. The highest BCUT2D eigenvalue weighted by molar-refractivity contribution is 5.55. The molecule has 0 fully saturated rings. The van der Waals surface area contributed by atoms with E-state index in [2.05, 4.69) is 4.90 Å². The molecule has 1 N–H and O–H groups in total. The van der Waals surface area contributed by atoms with E-state index in [0.29, 0.717) is 31.3 Å². The summed E-state index contributed by atoms with van der Waals surface area (Å²) in [6.07, 6.45) is 3.34. The number of methoxy groups -OCH3 is 3. The number of benzene rings is 1. The highest BCUT2D eigenvalue weighted by Crippen LogP contribution is 2.28. The van der Waals surface area contributed by atoms with Crippen molar-refractivity contribution in [3.05, 3.63) is 29.8 Å². The summed E-state index contributed by atoms with van der Waals surface area (Å²) in [5, 5.41) is 10.3. The van der Waals surface area contributed by atoms with Gasteiger partial charge in [0.25, 0.3) is 0 Å². The molecular formula is C19H31NO5. The Morgan fingerprint density at radius 1 is 1.08 bits per heavy atom. The van der Waals surface area contributed by atoms with Crippen molar-refractivity contribution in [2.24, 2.45) is 0 Å². The number of rotatable bonds is 13. The first-order valence-corrected chi connectivity index (χ1v) is 8.46. The number of ether oxygens (including phenoxy) is 4. The fourth-order valence-electron chi connectivity index (χ4n) is 2.37. The van der Waals surface area contributed by atoms with E-state index in [0.717, 1.165) is 18.7 Å². The lowest BCUT2D eigenvalue weighted by molar-refractivity contribution is 0.0454. The fraction of sp³-hybridized carbons (Fsp3) is 0.579. The Kier molecular flexibility index (Phi) is 10.9. The van der Waals surface area contributed by atoms with Gasteiger partial charge in [0, 0.05) is 33.9 Å². The van der Waals surface area contributed by atoms with E-state index in [1.807, 2.05) is 37.3 Å². The SMILES string of the molecule is C/C=C/c1ccc(OC[C@@H](O)CN(CCOC)CCOC)c(OC)c1. The molecule has 0 saturated carbocycles. The van der Waals surface area contributed by atoms with Gasteiger partial charge in [-0.1, -0.05) is 18.2 Å². The molecule has 0 bridgehead atoms. The fourth-order valence-corrected chi connectivity index (χ4v) is 2.37. The van der Waals surface area contributed by atoms with Crippen molar-refractivity contribution < 1.29 is 24.1 Å². The first-order chi connectivity index (χ1) is 12.1. The van der Waals surface area contributed by atoms with Crippen LogP contribution in [-0.4, -0.2) is 76.9 Å². The van der Waals surface area contributed by atoms with Crippen LogP contribution in [0.1, 0.15) is 12.5 Å². The van der Waals surface area contributed by atoms with Crippen LogP contribution in [0.5, 0.6) is 11.5 Å². The highest BCUT2D eigenvalue weighted by Gasteiger charge is 2.14. The Bertz CT molecular complexity index is 499. The Hall–Kier alpha value is -1.60. The van der Waals surface area contributed by atoms with Gasteiger partial charge in [-0.15, -0.1) is 0 Å². The summed E-state index contributed by atoms with van der Waals surface area (Å²) in [7, 11) is 4.94. The number of aliphatic hydroxyl groups excluding tert-OH is 1. The van der Waals surface area contributed by atoms with E-state index >= 15 is 0 Å². The standard InChI is InChI=1S/C19H31NO5/c1-5-6-16-7-8-18(19(13-16)24-4)25-15-17(21)14-20(9-11-22-2)10-12-23-3/h5-8,13,17,21H,9-12,14-15H2,1-4H3/b6-5+/t17-/m0/s1. The molecule has 25 heavy (non-hydrogen) atoms. The minimum atomic E-state index is -0.617. The average molecular weight is 353 g/mol. The molecule has 0 aliphatic carbocycles. The molecule has 1 aromatic rings. The number of aliphatic hydroxyl groups is 1. The lowest BCUT2D eigenvalue weighted by atomic mass is 10.2. The second-order valence-corrected chi connectivity index (χ2v) is 5.66. The van der Waals surface area contributed by atoms with E-state index in [4.69, 9.17) is 18.9 Å². The molecule has 0 saturated heterocycles.